The average molecular weight is 291 g/mol. The van der Waals surface area contributed by atoms with Gasteiger partial charge in [-0.1, -0.05) is 23.7 Å². The van der Waals surface area contributed by atoms with Crippen LogP contribution in [0.3, 0.4) is 0 Å². The molecule has 0 fully saturated rings. The zero-order chi connectivity index (χ0) is 13.9. The minimum absolute atomic E-state index is 0.157. The van der Waals surface area contributed by atoms with E-state index in [0.29, 0.717) is 12.3 Å². The Kier molecular flexibility index (Phi) is 3.39. The van der Waals surface area contributed by atoms with Crippen LogP contribution in [0.4, 0.5) is 11.6 Å². The number of anilines is 2. The maximum atomic E-state index is 12.1. The molecule has 6 nitrogen and oxygen atoms in total. The zero-order valence-electron chi connectivity index (χ0n) is 10.3. The summed E-state index contributed by atoms with van der Waals surface area (Å²) in [5, 5.41) is 5.98. The number of para-hydroxylation sites is 2. The van der Waals surface area contributed by atoms with Crippen molar-refractivity contribution in [2.75, 3.05) is 17.2 Å². The second-order valence-electron chi connectivity index (χ2n) is 4.18. The number of nitrogens with one attached hydrogen (secondary N) is 2. The van der Waals surface area contributed by atoms with Crippen LogP contribution in [0.15, 0.2) is 36.5 Å². The molecule has 1 unspecified atom stereocenters. The van der Waals surface area contributed by atoms with E-state index >= 15 is 0 Å². The molecule has 1 amide bonds. The first-order valence-electron chi connectivity index (χ1n) is 6.01. The molecule has 1 aliphatic heterocycles. The van der Waals surface area contributed by atoms with Gasteiger partial charge in [-0.3, -0.25) is 10.1 Å². The highest BCUT2D eigenvalue weighted by atomic mass is 35.5. The van der Waals surface area contributed by atoms with Crippen LogP contribution in [0, 0.1) is 0 Å². The summed E-state index contributed by atoms with van der Waals surface area (Å²) in [5.41, 5.74) is 0.871. The molecule has 2 heterocycles. The van der Waals surface area contributed by atoms with E-state index in [1.165, 1.54) is 12.3 Å². The third-order valence-corrected chi connectivity index (χ3v) is 2.99. The molecule has 0 spiro atoms. The number of halogens is 1. The maximum absolute atomic E-state index is 12.1. The maximum Gasteiger partial charge on any atom is 0.269 e. The lowest BCUT2D eigenvalue weighted by atomic mass is 10.2. The highest BCUT2D eigenvalue weighted by Gasteiger charge is 2.26. The summed E-state index contributed by atoms with van der Waals surface area (Å²) in [6, 6.07) is 8.98. The molecule has 0 saturated carbocycles. The number of benzene rings is 1. The molecule has 102 valence electrons. The Labute approximate surface area is 120 Å². The van der Waals surface area contributed by atoms with E-state index in [9.17, 15) is 4.79 Å². The van der Waals surface area contributed by atoms with Gasteiger partial charge in [0.25, 0.3) is 5.91 Å². The summed E-state index contributed by atoms with van der Waals surface area (Å²) in [5.74, 6) is 0.477. The first-order valence-corrected chi connectivity index (χ1v) is 6.39. The molecule has 0 aliphatic carbocycles. The topological polar surface area (TPSA) is 76.1 Å². The highest BCUT2D eigenvalue weighted by molar-refractivity contribution is 6.29. The average Bonchev–Trinajstić information content (AvgIpc) is 2.47. The molecule has 1 aromatic heterocycles. The largest absolute Gasteiger partial charge is 0.477 e. The summed E-state index contributed by atoms with van der Waals surface area (Å²) in [6.45, 7) is 0.378. The van der Waals surface area contributed by atoms with Gasteiger partial charge in [0.05, 0.1) is 12.2 Å². The molecule has 0 radical (unpaired) electrons. The fourth-order valence-electron chi connectivity index (χ4n) is 1.85. The predicted molar refractivity (Wildman–Crippen MR) is 75.0 cm³/mol. The quantitative estimate of drug-likeness (QED) is 0.827. The minimum atomic E-state index is -0.646. The van der Waals surface area contributed by atoms with Crippen molar-refractivity contribution in [3.05, 3.63) is 41.7 Å². The standard InChI is InChI=1S/C13H11ClN4O2/c14-11-5-6-15-13(17-11)18-12(19)10-7-16-8-3-1-2-4-9(8)20-10/h1-6,10,16H,7H2,(H,15,17,18,19). The molecular weight excluding hydrogens is 280 g/mol. The molecule has 1 aromatic carbocycles. The van der Waals surface area contributed by atoms with Gasteiger partial charge in [0.2, 0.25) is 5.95 Å². The van der Waals surface area contributed by atoms with Gasteiger partial charge < -0.3 is 10.1 Å². The monoisotopic (exact) mass is 290 g/mol. The molecule has 0 saturated heterocycles. The van der Waals surface area contributed by atoms with Crippen LogP contribution in [0.5, 0.6) is 5.75 Å². The summed E-state index contributed by atoms with van der Waals surface area (Å²) in [7, 11) is 0. The second kappa shape index (κ2) is 5.34. The van der Waals surface area contributed by atoms with Crippen molar-refractivity contribution in [2.24, 2.45) is 0 Å². The van der Waals surface area contributed by atoms with E-state index in [-0.39, 0.29) is 17.0 Å². The third-order valence-electron chi connectivity index (χ3n) is 2.78. The summed E-state index contributed by atoms with van der Waals surface area (Å²) < 4.78 is 5.63. The predicted octanol–water partition coefficient (Wildman–Crippen LogP) is 1.94. The molecule has 1 atom stereocenters. The van der Waals surface area contributed by atoms with Crippen molar-refractivity contribution < 1.29 is 9.53 Å². The van der Waals surface area contributed by atoms with Crippen LogP contribution in [0.1, 0.15) is 0 Å². The van der Waals surface area contributed by atoms with Gasteiger partial charge in [0, 0.05) is 6.20 Å². The lowest BCUT2D eigenvalue weighted by Gasteiger charge is -2.26. The van der Waals surface area contributed by atoms with Gasteiger partial charge in [-0.15, -0.1) is 0 Å². The SMILES string of the molecule is O=C(Nc1nccc(Cl)n1)C1CNc2ccccc2O1. The van der Waals surface area contributed by atoms with Crippen LogP contribution < -0.4 is 15.4 Å². The van der Waals surface area contributed by atoms with Crippen molar-refractivity contribution in [3.8, 4) is 5.75 Å². The zero-order valence-corrected chi connectivity index (χ0v) is 11.1. The Morgan fingerprint density at radius 1 is 1.40 bits per heavy atom. The van der Waals surface area contributed by atoms with Crippen molar-refractivity contribution >= 4 is 29.1 Å². The van der Waals surface area contributed by atoms with Crippen LogP contribution in [-0.4, -0.2) is 28.5 Å². The Bertz CT molecular complexity index is 650. The number of amides is 1. The van der Waals surface area contributed by atoms with Crippen molar-refractivity contribution in [1.82, 2.24) is 9.97 Å². The van der Waals surface area contributed by atoms with Crippen LogP contribution in [0.2, 0.25) is 5.15 Å². The minimum Gasteiger partial charge on any atom is -0.477 e. The Hall–Kier alpha value is -2.34. The summed E-state index contributed by atoms with van der Waals surface area (Å²) in [4.78, 5) is 19.9. The number of aromatic nitrogens is 2. The van der Waals surface area contributed by atoms with Gasteiger partial charge in [-0.25, -0.2) is 9.97 Å². The molecular formula is C13H11ClN4O2. The molecule has 20 heavy (non-hydrogen) atoms. The summed E-state index contributed by atoms with van der Waals surface area (Å²) in [6.07, 6.45) is 0.827. The lowest BCUT2D eigenvalue weighted by molar-refractivity contribution is -0.122. The number of hydrogen-bond acceptors (Lipinski definition) is 5. The first-order chi connectivity index (χ1) is 9.72. The molecule has 3 rings (SSSR count). The fraction of sp³-hybridized carbons (Fsp3) is 0.154. The number of carbonyl (C=O) groups excluding carboxylic acids is 1. The van der Waals surface area contributed by atoms with E-state index in [4.69, 9.17) is 16.3 Å². The van der Waals surface area contributed by atoms with Gasteiger partial charge in [-0.05, 0) is 18.2 Å². The van der Waals surface area contributed by atoms with E-state index in [0.717, 1.165) is 5.69 Å². The lowest BCUT2D eigenvalue weighted by Crippen LogP contribution is -2.41. The Morgan fingerprint density at radius 3 is 3.10 bits per heavy atom. The van der Waals surface area contributed by atoms with Gasteiger partial charge >= 0.3 is 0 Å². The summed E-state index contributed by atoms with van der Waals surface area (Å²) >= 11 is 5.74. The smallest absolute Gasteiger partial charge is 0.269 e. The fourth-order valence-corrected chi connectivity index (χ4v) is 1.98. The van der Waals surface area contributed by atoms with Crippen molar-refractivity contribution in [2.45, 2.75) is 6.10 Å². The van der Waals surface area contributed by atoms with Crippen molar-refractivity contribution in [3.63, 3.8) is 0 Å². The van der Waals surface area contributed by atoms with Crippen LogP contribution >= 0.6 is 11.6 Å². The van der Waals surface area contributed by atoms with Crippen LogP contribution in [-0.2, 0) is 4.79 Å². The molecule has 1 aliphatic rings. The highest BCUT2D eigenvalue weighted by Crippen LogP contribution is 2.28. The first kappa shape index (κ1) is 12.7. The number of nitrogens with zero attached hydrogens (tertiary/aromatic N) is 2. The number of hydrogen-bond donors (Lipinski definition) is 2. The second-order valence-corrected chi connectivity index (χ2v) is 4.56. The van der Waals surface area contributed by atoms with E-state index in [2.05, 4.69) is 20.6 Å². The van der Waals surface area contributed by atoms with Gasteiger partial charge in [0.1, 0.15) is 10.9 Å². The van der Waals surface area contributed by atoms with E-state index < -0.39 is 6.10 Å². The van der Waals surface area contributed by atoms with E-state index in [1.807, 2.05) is 18.2 Å². The number of ether oxygens (including phenoxy) is 1. The molecule has 0 bridgehead atoms. The molecule has 2 aromatic rings. The van der Waals surface area contributed by atoms with E-state index in [1.54, 1.807) is 6.07 Å². The van der Waals surface area contributed by atoms with Gasteiger partial charge in [0.15, 0.2) is 6.10 Å². The third kappa shape index (κ3) is 2.65. The molecule has 2 N–H and O–H groups in total. The molecule has 7 heteroatoms. The normalized spacial score (nSPS) is 16.6. The Morgan fingerprint density at radius 2 is 2.25 bits per heavy atom. The number of rotatable bonds is 2. The van der Waals surface area contributed by atoms with Gasteiger partial charge in [-0.2, -0.15) is 0 Å². The Balaban J connectivity index is 1.70. The van der Waals surface area contributed by atoms with Crippen LogP contribution in [0.25, 0.3) is 0 Å². The van der Waals surface area contributed by atoms with Crippen molar-refractivity contribution in [1.29, 1.82) is 0 Å². The number of carbonyl (C=O) groups is 1. The number of fused-ring (bicyclic) bond motifs is 1.